The summed E-state index contributed by atoms with van der Waals surface area (Å²) in [6, 6.07) is 5.24. The molecule has 2 heterocycles. The molecule has 0 bridgehead atoms. The molecule has 0 amide bonds. The third-order valence-corrected chi connectivity index (χ3v) is 2.79. The molecule has 0 unspecified atom stereocenters. The highest BCUT2D eigenvalue weighted by atomic mass is 16.4. The number of rotatable bonds is 2. The van der Waals surface area contributed by atoms with Crippen LogP contribution in [0.2, 0.25) is 0 Å². The van der Waals surface area contributed by atoms with E-state index in [4.69, 9.17) is 4.42 Å². The molecular weight excluding hydrogens is 234 g/mol. The summed E-state index contributed by atoms with van der Waals surface area (Å²) in [5.41, 5.74) is 3.03. The summed E-state index contributed by atoms with van der Waals surface area (Å²) in [5.74, 6) is -0.497. The van der Waals surface area contributed by atoms with Gasteiger partial charge in [0.15, 0.2) is 11.9 Å². The lowest BCUT2D eigenvalue weighted by molar-refractivity contribution is 0.112. The van der Waals surface area contributed by atoms with Crippen molar-refractivity contribution in [3.63, 3.8) is 0 Å². The van der Waals surface area contributed by atoms with Crippen molar-refractivity contribution >= 4 is 17.4 Å². The Bertz CT molecular complexity index is 794. The number of aryl methyl sites for hydroxylation is 1. The van der Waals surface area contributed by atoms with Crippen molar-refractivity contribution in [3.8, 4) is 11.3 Å². The van der Waals surface area contributed by atoms with E-state index < -0.39 is 5.76 Å². The molecule has 1 aromatic carbocycles. The first kappa shape index (κ1) is 10.5. The molecule has 90 valence electrons. The predicted molar refractivity (Wildman–Crippen MR) is 64.4 cm³/mol. The van der Waals surface area contributed by atoms with Crippen LogP contribution in [0.25, 0.3) is 22.4 Å². The highest BCUT2D eigenvalue weighted by molar-refractivity contribution is 5.88. The van der Waals surface area contributed by atoms with Crippen LogP contribution in [0.1, 0.15) is 10.4 Å². The molecule has 0 aliphatic heterocycles. The number of aromatic amines is 1. The van der Waals surface area contributed by atoms with Crippen LogP contribution in [0.3, 0.4) is 0 Å². The Hall–Kier alpha value is -2.63. The molecule has 3 aromatic rings. The zero-order valence-corrected chi connectivity index (χ0v) is 9.51. The topological polar surface area (TPSA) is 80.9 Å². The van der Waals surface area contributed by atoms with Crippen LogP contribution in [0.4, 0.5) is 0 Å². The number of benzene rings is 1. The number of hydrogen-bond donors (Lipinski definition) is 1. The number of fused-ring (bicyclic) bond motifs is 1. The summed E-state index contributed by atoms with van der Waals surface area (Å²) in [6.07, 6.45) is 2.25. The lowest BCUT2D eigenvalue weighted by atomic mass is 10.1. The fraction of sp³-hybridized carbons (Fsp3) is 0.0833. The maximum atomic E-state index is 11.1. The van der Waals surface area contributed by atoms with E-state index in [9.17, 15) is 9.59 Å². The summed E-state index contributed by atoms with van der Waals surface area (Å²) >= 11 is 0. The van der Waals surface area contributed by atoms with E-state index >= 15 is 0 Å². The number of oxazole rings is 1. The van der Waals surface area contributed by atoms with Gasteiger partial charge < -0.3 is 4.42 Å². The van der Waals surface area contributed by atoms with Crippen molar-refractivity contribution in [1.82, 2.24) is 14.8 Å². The summed E-state index contributed by atoms with van der Waals surface area (Å²) < 4.78 is 6.60. The number of H-pyrrole nitrogens is 1. The van der Waals surface area contributed by atoms with Crippen molar-refractivity contribution in [1.29, 1.82) is 0 Å². The van der Waals surface area contributed by atoms with Crippen molar-refractivity contribution in [3.05, 3.63) is 40.5 Å². The largest absolute Gasteiger partial charge is 0.417 e. The van der Waals surface area contributed by atoms with Gasteiger partial charge in [0.1, 0.15) is 0 Å². The number of nitrogens with one attached hydrogen (secondary N) is 1. The van der Waals surface area contributed by atoms with E-state index in [-0.39, 0.29) is 0 Å². The summed E-state index contributed by atoms with van der Waals surface area (Å²) in [5, 5.41) is 4.03. The second kappa shape index (κ2) is 3.69. The van der Waals surface area contributed by atoms with E-state index in [1.54, 1.807) is 29.9 Å². The molecule has 0 saturated carbocycles. The zero-order valence-electron chi connectivity index (χ0n) is 9.51. The molecular formula is C12H9N3O3. The second-order valence-electron chi connectivity index (χ2n) is 3.92. The smallest absolute Gasteiger partial charge is 0.408 e. The van der Waals surface area contributed by atoms with Gasteiger partial charge in [0.25, 0.3) is 0 Å². The van der Waals surface area contributed by atoms with Crippen LogP contribution >= 0.6 is 0 Å². The molecule has 0 atom stereocenters. The highest BCUT2D eigenvalue weighted by Gasteiger charge is 2.12. The van der Waals surface area contributed by atoms with Crippen molar-refractivity contribution in [2.45, 2.75) is 0 Å². The predicted octanol–water partition coefficient (Wildman–Crippen LogP) is 1.33. The normalized spacial score (nSPS) is 10.9. The Morgan fingerprint density at radius 1 is 1.44 bits per heavy atom. The molecule has 3 rings (SSSR count). The van der Waals surface area contributed by atoms with E-state index in [1.165, 1.54) is 6.20 Å². The average molecular weight is 243 g/mol. The van der Waals surface area contributed by atoms with Crippen molar-refractivity contribution < 1.29 is 9.21 Å². The SMILES string of the molecule is Cn1ncc(C=O)c1-c1ccc2[nH]c(=O)oc2c1. The molecule has 6 heteroatoms. The minimum Gasteiger partial charge on any atom is -0.408 e. The van der Waals surface area contributed by atoms with Crippen LogP contribution in [0.15, 0.2) is 33.6 Å². The Morgan fingerprint density at radius 2 is 2.28 bits per heavy atom. The van der Waals surface area contributed by atoms with Gasteiger partial charge >= 0.3 is 5.76 Å². The van der Waals surface area contributed by atoms with E-state index in [0.29, 0.717) is 22.4 Å². The summed E-state index contributed by atoms with van der Waals surface area (Å²) in [6.45, 7) is 0. The molecule has 0 fully saturated rings. The van der Waals surface area contributed by atoms with Gasteiger partial charge in [0, 0.05) is 12.6 Å². The lowest BCUT2D eigenvalue weighted by Crippen LogP contribution is -1.95. The van der Waals surface area contributed by atoms with Crippen LogP contribution in [-0.4, -0.2) is 21.1 Å². The van der Waals surface area contributed by atoms with Gasteiger partial charge in [0.05, 0.1) is 23.0 Å². The number of hydrogen-bond acceptors (Lipinski definition) is 4. The van der Waals surface area contributed by atoms with E-state index in [1.807, 2.05) is 0 Å². The standard InChI is InChI=1S/C12H9N3O3/c1-15-11(8(6-16)5-13-15)7-2-3-9-10(4-7)18-12(17)14-9/h2-6H,1H3,(H,14,17). The number of aromatic nitrogens is 3. The highest BCUT2D eigenvalue weighted by Crippen LogP contribution is 2.25. The first-order chi connectivity index (χ1) is 8.69. The van der Waals surface area contributed by atoms with Crippen molar-refractivity contribution in [2.24, 2.45) is 7.05 Å². The molecule has 6 nitrogen and oxygen atoms in total. The van der Waals surface area contributed by atoms with Crippen molar-refractivity contribution in [2.75, 3.05) is 0 Å². The second-order valence-corrected chi connectivity index (χ2v) is 3.92. The lowest BCUT2D eigenvalue weighted by Gasteiger charge is -2.02. The molecule has 18 heavy (non-hydrogen) atoms. The Labute approximate surface area is 101 Å². The third-order valence-electron chi connectivity index (χ3n) is 2.79. The number of nitrogens with zero attached hydrogens (tertiary/aromatic N) is 2. The van der Waals surface area contributed by atoms with Gasteiger partial charge in [-0.3, -0.25) is 14.5 Å². The van der Waals surface area contributed by atoms with Crippen LogP contribution in [0, 0.1) is 0 Å². The van der Waals surface area contributed by atoms with Crippen LogP contribution < -0.4 is 5.76 Å². The van der Waals surface area contributed by atoms with Gasteiger partial charge in [-0.25, -0.2) is 4.79 Å². The molecule has 0 aliphatic rings. The molecule has 2 aromatic heterocycles. The Morgan fingerprint density at radius 3 is 3.06 bits per heavy atom. The molecule has 1 N–H and O–H groups in total. The average Bonchev–Trinajstić information content (AvgIpc) is 2.89. The first-order valence-electron chi connectivity index (χ1n) is 5.29. The van der Waals surface area contributed by atoms with Gasteiger partial charge in [-0.05, 0) is 12.1 Å². The number of aldehydes is 1. The maximum absolute atomic E-state index is 11.1. The maximum Gasteiger partial charge on any atom is 0.417 e. The third kappa shape index (κ3) is 1.46. The molecule has 0 spiro atoms. The fourth-order valence-corrected chi connectivity index (χ4v) is 1.99. The number of carbonyl (C=O) groups excluding carboxylic acids is 1. The summed E-state index contributed by atoms with van der Waals surface area (Å²) in [7, 11) is 1.75. The Kier molecular flexibility index (Phi) is 2.16. The fourth-order valence-electron chi connectivity index (χ4n) is 1.99. The quantitative estimate of drug-likeness (QED) is 0.688. The molecule has 0 aliphatic carbocycles. The Balaban J connectivity index is 2.27. The van der Waals surface area contributed by atoms with E-state index in [0.717, 1.165) is 11.8 Å². The molecule has 0 radical (unpaired) electrons. The van der Waals surface area contributed by atoms with Gasteiger partial charge in [0.2, 0.25) is 0 Å². The zero-order chi connectivity index (χ0) is 12.7. The minimum absolute atomic E-state index is 0.454. The van der Waals surface area contributed by atoms with Gasteiger partial charge in [-0.15, -0.1) is 0 Å². The van der Waals surface area contributed by atoms with E-state index in [2.05, 4.69) is 10.1 Å². The first-order valence-corrected chi connectivity index (χ1v) is 5.29. The molecule has 0 saturated heterocycles. The van der Waals surface area contributed by atoms with Gasteiger partial charge in [-0.1, -0.05) is 6.07 Å². The number of carbonyl (C=O) groups is 1. The monoisotopic (exact) mass is 243 g/mol. The van der Waals surface area contributed by atoms with Gasteiger partial charge in [-0.2, -0.15) is 5.10 Å². The van der Waals surface area contributed by atoms with Crippen LogP contribution in [0.5, 0.6) is 0 Å². The minimum atomic E-state index is -0.497. The van der Waals surface area contributed by atoms with Crippen LogP contribution in [-0.2, 0) is 7.05 Å². The summed E-state index contributed by atoms with van der Waals surface area (Å²) in [4.78, 5) is 24.6.